The van der Waals surface area contributed by atoms with E-state index in [4.69, 9.17) is 10.5 Å². The van der Waals surface area contributed by atoms with Gasteiger partial charge >= 0.3 is 6.09 Å². The molecule has 0 saturated carbocycles. The minimum atomic E-state index is -0.975. The molecule has 1 heterocycles. The summed E-state index contributed by atoms with van der Waals surface area (Å²) >= 11 is 0. The molecular weight excluding hydrogens is 584 g/mol. The number of benzene rings is 2. The van der Waals surface area contributed by atoms with Crippen LogP contribution in [-0.2, 0) is 30.3 Å². The number of hydrogen-bond acceptors (Lipinski definition) is 7. The quantitative estimate of drug-likeness (QED) is 0.356. The van der Waals surface area contributed by atoms with Gasteiger partial charge in [-0.2, -0.15) is 0 Å². The Morgan fingerprint density at radius 1 is 1.02 bits per heavy atom. The number of unbranched alkanes of at least 4 members (excludes halogenated alkanes) is 1. The Balaban J connectivity index is 1.90. The van der Waals surface area contributed by atoms with Gasteiger partial charge in [-0.25, -0.2) is 4.79 Å². The normalized spacial score (nSPS) is 19.4. The highest BCUT2D eigenvalue weighted by Gasteiger charge is 2.34. The fraction of sp³-hybridized carbons (Fsp3) is 0.528. The molecule has 46 heavy (non-hydrogen) atoms. The van der Waals surface area contributed by atoms with Crippen LogP contribution in [0.25, 0.3) is 11.1 Å². The summed E-state index contributed by atoms with van der Waals surface area (Å²) in [5, 5.41) is 5.55. The standard InChI is InChI=1S/C36H50N4O6/c1-21-12-14-25-18-27(21)28-20-26(15-13-22(28)2)32(31(42)17-23(3)33(43)39-30(19-25)24(4)41)40(8)34(44)29(37)11-9-10-16-38-35(45)46-36(5,6)7/h12-15,18,20,23,29-30,32H,9-11,16-17,19,37H2,1-8H3,(H,38,45)(H,39,43)/t23-,29+,30+,32+/m1/s1. The number of ether oxygens (including phenoxy) is 1. The molecule has 0 fully saturated rings. The van der Waals surface area contributed by atoms with Crippen molar-refractivity contribution in [1.29, 1.82) is 0 Å². The number of Topliss-reactive ketones (excluding diaryl/α,β-unsaturated/α-hetero) is 2. The van der Waals surface area contributed by atoms with Crippen LogP contribution in [-0.4, -0.2) is 65.7 Å². The van der Waals surface area contributed by atoms with Crippen molar-refractivity contribution in [3.05, 3.63) is 58.7 Å². The molecule has 0 aliphatic carbocycles. The van der Waals surface area contributed by atoms with E-state index in [1.165, 1.54) is 11.8 Å². The Labute approximate surface area is 272 Å². The third kappa shape index (κ3) is 9.72. The van der Waals surface area contributed by atoms with E-state index in [2.05, 4.69) is 10.6 Å². The number of aryl methyl sites for hydroxylation is 2. The van der Waals surface area contributed by atoms with Crippen LogP contribution >= 0.6 is 0 Å². The smallest absolute Gasteiger partial charge is 0.407 e. The van der Waals surface area contributed by atoms with Crippen LogP contribution in [0.15, 0.2) is 36.4 Å². The number of hydrogen-bond donors (Lipinski definition) is 3. The number of nitrogens with one attached hydrogen (secondary N) is 2. The van der Waals surface area contributed by atoms with E-state index in [1.54, 1.807) is 34.7 Å². The zero-order valence-corrected chi connectivity index (χ0v) is 28.5. The third-order valence-corrected chi connectivity index (χ3v) is 8.34. The molecule has 4 N–H and O–H groups in total. The maximum atomic E-state index is 14.0. The van der Waals surface area contributed by atoms with Gasteiger partial charge in [-0.05, 0) is 107 Å². The summed E-state index contributed by atoms with van der Waals surface area (Å²) in [6.07, 6.45) is 1.24. The molecule has 4 atom stereocenters. The number of carbonyl (C=O) groups excluding carboxylic acids is 5. The minimum Gasteiger partial charge on any atom is -0.444 e. The summed E-state index contributed by atoms with van der Waals surface area (Å²) in [6, 6.07) is 9.14. The van der Waals surface area contributed by atoms with Crippen molar-refractivity contribution in [3.8, 4) is 11.1 Å². The Bertz CT molecular complexity index is 1460. The fourth-order valence-corrected chi connectivity index (χ4v) is 5.67. The lowest BCUT2D eigenvalue weighted by Crippen LogP contribution is -2.47. The maximum absolute atomic E-state index is 14.0. The molecule has 0 radical (unpaired) electrons. The van der Waals surface area contributed by atoms with Gasteiger partial charge in [0, 0.05) is 25.9 Å². The van der Waals surface area contributed by atoms with Gasteiger partial charge in [0.25, 0.3) is 0 Å². The molecule has 3 amide bonds. The molecule has 1 aliphatic rings. The number of nitrogens with two attached hydrogens (primary N) is 1. The van der Waals surface area contributed by atoms with Crippen LogP contribution in [0.4, 0.5) is 4.79 Å². The van der Waals surface area contributed by atoms with Crippen LogP contribution in [0.5, 0.6) is 0 Å². The van der Waals surface area contributed by atoms with Gasteiger partial charge in [-0.15, -0.1) is 0 Å². The average Bonchev–Trinajstić information content (AvgIpc) is 2.96. The molecule has 4 bridgehead atoms. The number of carbonyl (C=O) groups is 5. The number of nitrogens with zero attached hydrogens (tertiary/aromatic N) is 1. The van der Waals surface area contributed by atoms with Crippen molar-refractivity contribution in [1.82, 2.24) is 15.5 Å². The van der Waals surface area contributed by atoms with Crippen LogP contribution in [0.2, 0.25) is 0 Å². The number of likely N-dealkylation sites (N-methyl/N-ethyl adjacent to an activating group) is 1. The monoisotopic (exact) mass is 634 g/mol. The molecule has 0 saturated heterocycles. The molecule has 0 unspecified atom stereocenters. The van der Waals surface area contributed by atoms with Gasteiger partial charge in [0.15, 0.2) is 11.6 Å². The van der Waals surface area contributed by atoms with E-state index in [1.807, 2.05) is 50.2 Å². The van der Waals surface area contributed by atoms with Crippen LogP contribution in [0.1, 0.15) is 88.6 Å². The number of amides is 3. The topological polar surface area (TPSA) is 148 Å². The lowest BCUT2D eigenvalue weighted by Gasteiger charge is -2.31. The first-order valence-corrected chi connectivity index (χ1v) is 16.0. The second-order valence-electron chi connectivity index (χ2n) is 13.6. The summed E-state index contributed by atoms with van der Waals surface area (Å²) < 4.78 is 5.24. The van der Waals surface area contributed by atoms with Gasteiger partial charge < -0.3 is 26.0 Å². The second kappa shape index (κ2) is 15.5. The maximum Gasteiger partial charge on any atom is 0.407 e. The summed E-state index contributed by atoms with van der Waals surface area (Å²) in [5.41, 5.74) is 11.2. The van der Waals surface area contributed by atoms with Gasteiger partial charge in [0.05, 0.1) is 12.1 Å². The first kappa shape index (κ1) is 36.4. The summed E-state index contributed by atoms with van der Waals surface area (Å²) in [5.74, 6) is -1.99. The number of alkyl carbamates (subject to hydrolysis) is 1. The van der Waals surface area contributed by atoms with E-state index < -0.39 is 47.6 Å². The summed E-state index contributed by atoms with van der Waals surface area (Å²) in [7, 11) is 1.57. The van der Waals surface area contributed by atoms with E-state index in [0.717, 1.165) is 27.8 Å². The van der Waals surface area contributed by atoms with Crippen molar-refractivity contribution in [2.24, 2.45) is 11.7 Å². The van der Waals surface area contributed by atoms with Crippen molar-refractivity contribution >= 4 is 29.5 Å². The summed E-state index contributed by atoms with van der Waals surface area (Å²) in [4.78, 5) is 66.6. The van der Waals surface area contributed by atoms with Gasteiger partial charge in [-0.3, -0.25) is 19.2 Å². The molecule has 1 aliphatic heterocycles. The number of rotatable bonds is 8. The molecule has 0 aromatic heterocycles. The Morgan fingerprint density at radius 2 is 1.65 bits per heavy atom. The Kier molecular flexibility index (Phi) is 12.3. The largest absolute Gasteiger partial charge is 0.444 e. The molecule has 250 valence electrons. The fourth-order valence-electron chi connectivity index (χ4n) is 5.67. The lowest BCUT2D eigenvalue weighted by molar-refractivity contribution is -0.140. The highest BCUT2D eigenvalue weighted by molar-refractivity contribution is 5.95. The van der Waals surface area contributed by atoms with E-state index in [9.17, 15) is 24.0 Å². The summed E-state index contributed by atoms with van der Waals surface area (Å²) in [6.45, 7) is 12.8. The van der Waals surface area contributed by atoms with E-state index in [-0.39, 0.29) is 18.0 Å². The predicted molar refractivity (Wildman–Crippen MR) is 178 cm³/mol. The average molecular weight is 635 g/mol. The zero-order valence-electron chi connectivity index (χ0n) is 28.5. The van der Waals surface area contributed by atoms with E-state index in [0.29, 0.717) is 37.8 Å². The van der Waals surface area contributed by atoms with Crippen molar-refractivity contribution in [2.45, 2.75) is 104 Å². The van der Waals surface area contributed by atoms with E-state index >= 15 is 0 Å². The molecule has 2 aromatic rings. The highest BCUT2D eigenvalue weighted by atomic mass is 16.6. The lowest BCUT2D eigenvalue weighted by atomic mass is 9.87. The second-order valence-corrected chi connectivity index (χ2v) is 13.6. The molecule has 0 spiro atoms. The third-order valence-electron chi connectivity index (χ3n) is 8.34. The molecule has 10 heteroatoms. The SMILES string of the molecule is CC(=O)[C@@H]1Cc2ccc(C)c(c2)-c2cc(ccc2C)[C@H](N(C)C(=O)[C@@H](N)CCCCNC(=O)OC(C)(C)C)C(=O)C[C@@H](C)C(=O)N1. The van der Waals surface area contributed by atoms with Gasteiger partial charge in [0.2, 0.25) is 11.8 Å². The van der Waals surface area contributed by atoms with Crippen molar-refractivity contribution < 1.29 is 28.7 Å². The Hall–Kier alpha value is -4.05. The zero-order chi connectivity index (χ0) is 34.3. The van der Waals surface area contributed by atoms with Gasteiger partial charge in [-0.1, -0.05) is 37.3 Å². The number of ketones is 2. The van der Waals surface area contributed by atoms with Gasteiger partial charge in [0.1, 0.15) is 11.6 Å². The van der Waals surface area contributed by atoms with Crippen LogP contribution in [0, 0.1) is 19.8 Å². The van der Waals surface area contributed by atoms with Crippen LogP contribution < -0.4 is 16.4 Å². The number of fused-ring (bicyclic) bond motifs is 5. The molecule has 3 rings (SSSR count). The first-order valence-electron chi connectivity index (χ1n) is 16.0. The highest BCUT2D eigenvalue weighted by Crippen LogP contribution is 2.33. The minimum absolute atomic E-state index is 0.127. The van der Waals surface area contributed by atoms with Crippen molar-refractivity contribution in [2.75, 3.05) is 13.6 Å². The predicted octanol–water partition coefficient (Wildman–Crippen LogP) is 4.72. The van der Waals surface area contributed by atoms with Crippen LogP contribution in [0.3, 0.4) is 0 Å². The molecule has 10 nitrogen and oxygen atoms in total. The first-order chi connectivity index (χ1) is 21.5. The Morgan fingerprint density at radius 3 is 2.28 bits per heavy atom. The molecular formula is C36H50N4O6. The molecule has 2 aromatic carbocycles. The van der Waals surface area contributed by atoms with Crippen molar-refractivity contribution in [3.63, 3.8) is 0 Å².